The van der Waals surface area contributed by atoms with E-state index in [1.807, 2.05) is 14.0 Å². The van der Waals surface area contributed by atoms with Gasteiger partial charge in [-0.2, -0.15) is 9.40 Å². The standard InChI is InChI=1S/C21H26N6O5S2/c1-3-4-12-17-18(25-24-12)20(29)23-15(22-17)11-14-19-16(13(28)5-10-32-19)21(33-14)34(30,31)27-8-6-26(2)7-9-27/h3-11H2,1-2H3,(H,24,25)(H,22,23,29). The number of ether oxygens (including phenoxy) is 1. The van der Waals surface area contributed by atoms with E-state index >= 15 is 0 Å². The Morgan fingerprint density at radius 2 is 1.91 bits per heavy atom. The maximum Gasteiger partial charge on any atom is 0.279 e. The molecule has 2 aliphatic heterocycles. The molecule has 182 valence electrons. The van der Waals surface area contributed by atoms with Crippen molar-refractivity contribution in [1.82, 2.24) is 29.4 Å². The molecule has 0 aromatic carbocycles. The van der Waals surface area contributed by atoms with Crippen LogP contribution in [0.3, 0.4) is 0 Å². The fraction of sp³-hybridized carbons (Fsp3) is 0.524. The number of Topliss-reactive ketones (excluding diaryl/α,β-unsaturated/α-hetero) is 1. The van der Waals surface area contributed by atoms with Crippen molar-refractivity contribution in [2.24, 2.45) is 0 Å². The topological polar surface area (TPSA) is 141 Å². The van der Waals surface area contributed by atoms with E-state index in [0.29, 0.717) is 48.8 Å². The van der Waals surface area contributed by atoms with Crippen molar-refractivity contribution in [3.8, 4) is 5.75 Å². The molecule has 0 saturated carbocycles. The molecular weight excluding hydrogens is 480 g/mol. The maximum absolute atomic E-state index is 13.5. The molecule has 5 heterocycles. The number of hydrogen-bond acceptors (Lipinski definition) is 9. The third-order valence-corrected chi connectivity index (χ3v) is 9.72. The highest BCUT2D eigenvalue weighted by Gasteiger charge is 2.38. The molecule has 0 unspecified atom stereocenters. The molecule has 0 bridgehead atoms. The number of aromatic nitrogens is 4. The largest absolute Gasteiger partial charge is 0.491 e. The Morgan fingerprint density at radius 3 is 2.65 bits per heavy atom. The second kappa shape index (κ2) is 8.87. The molecule has 0 atom stereocenters. The van der Waals surface area contributed by atoms with Gasteiger partial charge >= 0.3 is 0 Å². The summed E-state index contributed by atoms with van der Waals surface area (Å²) in [6.45, 7) is 4.19. The first-order chi connectivity index (χ1) is 16.3. The average Bonchev–Trinajstić information content (AvgIpc) is 3.38. The van der Waals surface area contributed by atoms with Gasteiger partial charge in [-0.25, -0.2) is 13.4 Å². The summed E-state index contributed by atoms with van der Waals surface area (Å²) in [4.78, 5) is 35.4. The maximum atomic E-state index is 13.5. The number of likely N-dealkylation sites (N-methyl/N-ethyl adjacent to an activating group) is 1. The zero-order valence-electron chi connectivity index (χ0n) is 19.0. The van der Waals surface area contributed by atoms with Crippen LogP contribution in [0.1, 0.15) is 46.5 Å². The van der Waals surface area contributed by atoms with Gasteiger partial charge in [0.15, 0.2) is 11.3 Å². The van der Waals surface area contributed by atoms with Gasteiger partial charge in [0.2, 0.25) is 0 Å². The first-order valence-electron chi connectivity index (χ1n) is 11.3. The highest BCUT2D eigenvalue weighted by Crippen LogP contribution is 2.43. The highest BCUT2D eigenvalue weighted by atomic mass is 32.2. The summed E-state index contributed by atoms with van der Waals surface area (Å²) in [6, 6.07) is 0. The van der Waals surface area contributed by atoms with Crippen molar-refractivity contribution in [2.75, 3.05) is 39.8 Å². The first-order valence-corrected chi connectivity index (χ1v) is 13.5. The summed E-state index contributed by atoms with van der Waals surface area (Å²) in [7, 11) is -1.91. The summed E-state index contributed by atoms with van der Waals surface area (Å²) in [5, 5.41) is 6.95. The smallest absolute Gasteiger partial charge is 0.279 e. The summed E-state index contributed by atoms with van der Waals surface area (Å²) < 4.78 is 34.3. The van der Waals surface area contributed by atoms with Gasteiger partial charge in [-0.05, 0) is 13.5 Å². The van der Waals surface area contributed by atoms with Gasteiger partial charge in [-0.3, -0.25) is 14.7 Å². The van der Waals surface area contributed by atoms with Crippen LogP contribution in [0.4, 0.5) is 0 Å². The minimum Gasteiger partial charge on any atom is -0.491 e. The molecule has 13 heteroatoms. The van der Waals surface area contributed by atoms with E-state index < -0.39 is 10.0 Å². The van der Waals surface area contributed by atoms with Gasteiger partial charge in [-0.1, -0.05) is 13.3 Å². The quantitative estimate of drug-likeness (QED) is 0.507. The number of thiophene rings is 1. The zero-order chi connectivity index (χ0) is 24.0. The number of carbonyl (C=O) groups excluding carboxylic acids is 1. The molecule has 2 aliphatic rings. The van der Waals surface area contributed by atoms with Crippen molar-refractivity contribution >= 4 is 38.2 Å². The van der Waals surface area contributed by atoms with Crippen LogP contribution in [0.25, 0.3) is 11.0 Å². The number of fused-ring (bicyclic) bond motifs is 2. The lowest BCUT2D eigenvalue weighted by Gasteiger charge is -2.31. The number of carbonyl (C=O) groups is 1. The van der Waals surface area contributed by atoms with Gasteiger partial charge in [0.1, 0.15) is 21.3 Å². The molecule has 2 N–H and O–H groups in total. The Hall–Kier alpha value is -2.61. The summed E-state index contributed by atoms with van der Waals surface area (Å²) in [5.74, 6) is 0.413. The van der Waals surface area contributed by atoms with E-state index in [9.17, 15) is 18.0 Å². The van der Waals surface area contributed by atoms with Gasteiger partial charge < -0.3 is 14.6 Å². The first kappa shape index (κ1) is 23.1. The van der Waals surface area contributed by atoms with Crippen LogP contribution in [-0.2, 0) is 22.9 Å². The predicted molar refractivity (Wildman–Crippen MR) is 126 cm³/mol. The second-order valence-corrected chi connectivity index (χ2v) is 11.8. The van der Waals surface area contributed by atoms with Gasteiger partial charge in [-0.15, -0.1) is 11.3 Å². The number of hydrogen-bond donors (Lipinski definition) is 2. The van der Waals surface area contributed by atoms with E-state index in [4.69, 9.17) is 4.74 Å². The molecule has 5 rings (SSSR count). The molecular formula is C21H26N6O5S2. The lowest BCUT2D eigenvalue weighted by Crippen LogP contribution is -2.47. The van der Waals surface area contributed by atoms with E-state index in [2.05, 4.69) is 25.1 Å². The Labute approximate surface area is 200 Å². The second-order valence-electron chi connectivity index (χ2n) is 8.58. The lowest BCUT2D eigenvalue weighted by molar-refractivity contribution is 0.0930. The summed E-state index contributed by atoms with van der Waals surface area (Å²) in [6.07, 6.45) is 1.83. The van der Waals surface area contributed by atoms with Crippen molar-refractivity contribution in [3.63, 3.8) is 0 Å². The molecule has 3 aromatic rings. The fourth-order valence-electron chi connectivity index (χ4n) is 4.31. The Kier molecular flexibility index (Phi) is 6.04. The van der Waals surface area contributed by atoms with Crippen LogP contribution in [0, 0.1) is 0 Å². The number of H-pyrrole nitrogens is 2. The number of sulfonamides is 1. The molecule has 0 aliphatic carbocycles. The molecule has 0 radical (unpaired) electrons. The molecule has 34 heavy (non-hydrogen) atoms. The molecule has 1 fully saturated rings. The van der Waals surface area contributed by atoms with Crippen LogP contribution >= 0.6 is 11.3 Å². The number of aryl methyl sites for hydroxylation is 1. The van der Waals surface area contributed by atoms with Crippen LogP contribution in [-0.4, -0.2) is 83.4 Å². The van der Waals surface area contributed by atoms with Crippen LogP contribution in [0.15, 0.2) is 9.00 Å². The average molecular weight is 507 g/mol. The van der Waals surface area contributed by atoms with Crippen molar-refractivity contribution < 1.29 is 17.9 Å². The van der Waals surface area contributed by atoms with E-state index in [1.165, 1.54) is 4.31 Å². The van der Waals surface area contributed by atoms with Crippen molar-refractivity contribution in [3.05, 3.63) is 32.3 Å². The third-order valence-electron chi connectivity index (χ3n) is 6.15. The predicted octanol–water partition coefficient (Wildman–Crippen LogP) is 1.15. The van der Waals surface area contributed by atoms with Gasteiger partial charge in [0.25, 0.3) is 15.6 Å². The van der Waals surface area contributed by atoms with Crippen molar-refractivity contribution in [2.45, 2.75) is 36.8 Å². The summed E-state index contributed by atoms with van der Waals surface area (Å²) in [5.41, 5.74) is 1.29. The van der Waals surface area contributed by atoms with E-state index in [0.717, 1.165) is 23.5 Å². The lowest BCUT2D eigenvalue weighted by atomic mass is 10.1. The normalized spacial score (nSPS) is 17.8. The van der Waals surface area contributed by atoms with E-state index in [1.54, 1.807) is 0 Å². The number of rotatable bonds is 6. The Morgan fingerprint density at radius 1 is 1.15 bits per heavy atom. The molecule has 1 saturated heterocycles. The molecule has 0 spiro atoms. The van der Waals surface area contributed by atoms with E-state index in [-0.39, 0.29) is 51.8 Å². The minimum absolute atomic E-state index is 0.0187. The third kappa shape index (κ3) is 3.96. The number of aromatic amines is 2. The molecule has 0 amide bonds. The van der Waals surface area contributed by atoms with Crippen molar-refractivity contribution in [1.29, 1.82) is 0 Å². The minimum atomic E-state index is -3.86. The number of ketones is 1. The number of nitrogens with one attached hydrogen (secondary N) is 2. The highest BCUT2D eigenvalue weighted by molar-refractivity contribution is 7.91. The molecule has 11 nitrogen and oxygen atoms in total. The number of nitrogens with zero attached hydrogens (tertiary/aromatic N) is 4. The monoisotopic (exact) mass is 506 g/mol. The van der Waals surface area contributed by atoms with Gasteiger partial charge in [0, 0.05) is 39.0 Å². The van der Waals surface area contributed by atoms with Crippen LogP contribution in [0.5, 0.6) is 5.75 Å². The van der Waals surface area contributed by atoms with Gasteiger partial charge in [0.05, 0.1) is 22.7 Å². The molecule has 3 aromatic heterocycles. The zero-order valence-corrected chi connectivity index (χ0v) is 20.6. The number of piperazine rings is 1. The Bertz CT molecular complexity index is 1420. The SMILES string of the molecule is CCCc1[nH]nc2c(=O)[nH]c(Cc3sc(S(=O)(=O)N4CCN(C)CC4)c4c3OCCC4=O)nc12. The van der Waals surface area contributed by atoms with Crippen LogP contribution < -0.4 is 10.3 Å². The Balaban J connectivity index is 1.56. The summed E-state index contributed by atoms with van der Waals surface area (Å²) >= 11 is 1.03. The van der Waals surface area contributed by atoms with Crippen LogP contribution in [0.2, 0.25) is 0 Å². The fourth-order valence-corrected chi connectivity index (χ4v) is 7.69.